The molecular formula is C20H29F3N4O3. The monoisotopic (exact) mass is 430 g/mol. The zero-order valence-electron chi connectivity index (χ0n) is 17.3. The van der Waals surface area contributed by atoms with E-state index in [0.717, 1.165) is 31.5 Å². The summed E-state index contributed by atoms with van der Waals surface area (Å²) in [6.45, 7) is 3.80. The number of carbonyl (C=O) groups excluding carboxylic acids is 1. The van der Waals surface area contributed by atoms with E-state index in [1.54, 1.807) is 12.1 Å². The molecule has 0 aromatic heterocycles. The van der Waals surface area contributed by atoms with Crippen LogP contribution in [0.2, 0.25) is 0 Å². The highest BCUT2D eigenvalue weighted by atomic mass is 19.4. The standard InChI is InChI=1S/C20H29F3N4O3/c1-3-24-19(25-9-5-11-27-10-4-6-18(27)28)26-13-15-7-8-16(17(12-15)29-2)30-14-20(21,22)23/h7-8,12H,3-6,9-11,13-14H2,1-2H3,(H2,24,25,26). The maximum absolute atomic E-state index is 12.4. The van der Waals surface area contributed by atoms with Gasteiger partial charge in [-0.3, -0.25) is 4.79 Å². The van der Waals surface area contributed by atoms with Crippen molar-refractivity contribution in [1.82, 2.24) is 15.5 Å². The zero-order valence-corrected chi connectivity index (χ0v) is 17.3. The minimum atomic E-state index is -4.41. The second kappa shape index (κ2) is 11.5. The SMILES string of the molecule is CCNC(=NCc1ccc(OCC(F)(F)F)c(OC)c1)NCCCN1CCCC1=O. The molecule has 1 saturated heterocycles. The highest BCUT2D eigenvalue weighted by Crippen LogP contribution is 2.30. The largest absolute Gasteiger partial charge is 0.493 e. The second-order valence-corrected chi connectivity index (χ2v) is 6.85. The van der Waals surface area contributed by atoms with Crippen LogP contribution in [0.1, 0.15) is 31.7 Å². The summed E-state index contributed by atoms with van der Waals surface area (Å²) in [4.78, 5) is 18.0. The maximum atomic E-state index is 12.4. The number of ether oxygens (including phenoxy) is 2. The molecule has 1 heterocycles. The number of methoxy groups -OCH3 is 1. The third-order valence-electron chi connectivity index (χ3n) is 4.45. The Morgan fingerprint density at radius 3 is 2.70 bits per heavy atom. The van der Waals surface area contributed by atoms with E-state index >= 15 is 0 Å². The molecule has 2 N–H and O–H groups in total. The van der Waals surface area contributed by atoms with Gasteiger partial charge in [-0.1, -0.05) is 6.07 Å². The summed E-state index contributed by atoms with van der Waals surface area (Å²) < 4.78 is 47.0. The van der Waals surface area contributed by atoms with E-state index in [0.29, 0.717) is 32.0 Å². The molecule has 0 unspecified atom stereocenters. The van der Waals surface area contributed by atoms with Gasteiger partial charge in [0.2, 0.25) is 5.91 Å². The van der Waals surface area contributed by atoms with Crippen LogP contribution in [0.15, 0.2) is 23.2 Å². The number of carbonyl (C=O) groups is 1. The lowest BCUT2D eigenvalue weighted by molar-refractivity contribution is -0.153. The summed E-state index contributed by atoms with van der Waals surface area (Å²) in [5.41, 5.74) is 0.770. The van der Waals surface area contributed by atoms with Crippen LogP contribution in [-0.4, -0.2) is 62.8 Å². The van der Waals surface area contributed by atoms with E-state index in [-0.39, 0.29) is 17.4 Å². The smallest absolute Gasteiger partial charge is 0.422 e. The summed E-state index contributed by atoms with van der Waals surface area (Å²) in [5.74, 6) is 1.10. The van der Waals surface area contributed by atoms with Crippen LogP contribution in [0, 0.1) is 0 Å². The lowest BCUT2D eigenvalue weighted by Crippen LogP contribution is -2.39. The molecule has 0 bridgehead atoms. The van der Waals surface area contributed by atoms with Crippen LogP contribution >= 0.6 is 0 Å². The second-order valence-electron chi connectivity index (χ2n) is 6.85. The van der Waals surface area contributed by atoms with Crippen molar-refractivity contribution in [1.29, 1.82) is 0 Å². The van der Waals surface area contributed by atoms with Gasteiger partial charge in [0.05, 0.1) is 13.7 Å². The number of hydrogen-bond donors (Lipinski definition) is 2. The van der Waals surface area contributed by atoms with Gasteiger partial charge in [-0.25, -0.2) is 4.99 Å². The first-order chi connectivity index (χ1) is 14.3. The molecule has 1 fully saturated rings. The van der Waals surface area contributed by atoms with Crippen molar-refractivity contribution in [2.24, 2.45) is 4.99 Å². The van der Waals surface area contributed by atoms with Gasteiger partial charge in [-0.05, 0) is 37.5 Å². The highest BCUT2D eigenvalue weighted by Gasteiger charge is 2.29. The van der Waals surface area contributed by atoms with Gasteiger partial charge in [0.25, 0.3) is 0 Å². The molecule has 0 spiro atoms. The number of hydrogen-bond acceptors (Lipinski definition) is 4. The number of benzene rings is 1. The fourth-order valence-electron chi connectivity index (χ4n) is 3.02. The molecule has 0 atom stereocenters. The van der Waals surface area contributed by atoms with E-state index in [2.05, 4.69) is 15.6 Å². The van der Waals surface area contributed by atoms with Crippen molar-refractivity contribution in [2.45, 2.75) is 38.9 Å². The molecule has 0 saturated carbocycles. The molecule has 0 radical (unpaired) electrons. The molecule has 1 aliphatic heterocycles. The Morgan fingerprint density at radius 2 is 2.07 bits per heavy atom. The molecule has 10 heteroatoms. The van der Waals surface area contributed by atoms with Crippen molar-refractivity contribution in [3.8, 4) is 11.5 Å². The predicted octanol–water partition coefficient (Wildman–Crippen LogP) is 2.70. The lowest BCUT2D eigenvalue weighted by Gasteiger charge is -2.16. The number of guanidine groups is 1. The zero-order chi connectivity index (χ0) is 22.0. The Bertz CT molecular complexity index is 726. The molecule has 7 nitrogen and oxygen atoms in total. The van der Waals surface area contributed by atoms with Gasteiger partial charge in [-0.2, -0.15) is 13.2 Å². The van der Waals surface area contributed by atoms with Gasteiger partial charge in [0.1, 0.15) is 0 Å². The van der Waals surface area contributed by atoms with E-state index < -0.39 is 12.8 Å². The maximum Gasteiger partial charge on any atom is 0.422 e. The Kier molecular flexibility index (Phi) is 9.07. The van der Waals surface area contributed by atoms with Gasteiger partial charge >= 0.3 is 6.18 Å². The molecule has 168 valence electrons. The normalized spacial score (nSPS) is 14.8. The van der Waals surface area contributed by atoms with Crippen LogP contribution < -0.4 is 20.1 Å². The number of rotatable bonds is 10. The van der Waals surface area contributed by atoms with Crippen LogP contribution in [-0.2, 0) is 11.3 Å². The molecule has 1 aliphatic rings. The summed E-state index contributed by atoms with van der Waals surface area (Å²) in [6, 6.07) is 4.71. The van der Waals surface area contributed by atoms with E-state index in [1.165, 1.54) is 13.2 Å². The minimum absolute atomic E-state index is 0.0315. The Morgan fingerprint density at radius 1 is 1.27 bits per heavy atom. The fourth-order valence-corrected chi connectivity index (χ4v) is 3.02. The number of nitrogens with zero attached hydrogens (tertiary/aromatic N) is 2. The van der Waals surface area contributed by atoms with Crippen LogP contribution in [0.4, 0.5) is 13.2 Å². The van der Waals surface area contributed by atoms with Crippen molar-refractivity contribution in [3.05, 3.63) is 23.8 Å². The topological polar surface area (TPSA) is 75.2 Å². The van der Waals surface area contributed by atoms with Gasteiger partial charge < -0.3 is 25.0 Å². The molecule has 1 aromatic carbocycles. The number of amides is 1. The quantitative estimate of drug-likeness (QED) is 0.339. The number of aliphatic imine (C=N–C) groups is 1. The van der Waals surface area contributed by atoms with E-state index in [4.69, 9.17) is 9.47 Å². The fraction of sp³-hybridized carbons (Fsp3) is 0.600. The predicted molar refractivity (Wildman–Crippen MR) is 108 cm³/mol. The summed E-state index contributed by atoms with van der Waals surface area (Å²) in [5, 5.41) is 6.37. The first-order valence-corrected chi connectivity index (χ1v) is 9.99. The molecule has 1 aromatic rings. The Labute approximate surface area is 174 Å². The molecule has 30 heavy (non-hydrogen) atoms. The first kappa shape index (κ1) is 23.6. The molecular weight excluding hydrogens is 401 g/mol. The van der Waals surface area contributed by atoms with Crippen molar-refractivity contribution >= 4 is 11.9 Å². The van der Waals surface area contributed by atoms with Crippen LogP contribution in [0.3, 0.4) is 0 Å². The average molecular weight is 430 g/mol. The Balaban J connectivity index is 1.88. The lowest BCUT2D eigenvalue weighted by atomic mass is 10.2. The van der Waals surface area contributed by atoms with E-state index in [1.807, 2.05) is 11.8 Å². The third-order valence-corrected chi connectivity index (χ3v) is 4.45. The Hall–Kier alpha value is -2.65. The average Bonchev–Trinajstić information content (AvgIpc) is 3.12. The van der Waals surface area contributed by atoms with Gasteiger partial charge in [0, 0.05) is 32.6 Å². The number of likely N-dealkylation sites (tertiary alicyclic amines) is 1. The summed E-state index contributed by atoms with van der Waals surface area (Å²) in [6.07, 6.45) is -2.03. The van der Waals surface area contributed by atoms with E-state index in [9.17, 15) is 18.0 Å². The van der Waals surface area contributed by atoms with Crippen molar-refractivity contribution in [2.75, 3.05) is 39.9 Å². The van der Waals surface area contributed by atoms with Crippen LogP contribution in [0.25, 0.3) is 0 Å². The number of alkyl halides is 3. The van der Waals surface area contributed by atoms with Gasteiger partial charge in [-0.15, -0.1) is 0 Å². The first-order valence-electron chi connectivity index (χ1n) is 9.99. The molecule has 2 rings (SSSR count). The minimum Gasteiger partial charge on any atom is -0.493 e. The summed E-state index contributed by atoms with van der Waals surface area (Å²) >= 11 is 0. The summed E-state index contributed by atoms with van der Waals surface area (Å²) in [7, 11) is 1.37. The van der Waals surface area contributed by atoms with Gasteiger partial charge in [0.15, 0.2) is 24.1 Å². The van der Waals surface area contributed by atoms with Crippen molar-refractivity contribution < 1.29 is 27.4 Å². The van der Waals surface area contributed by atoms with Crippen LogP contribution in [0.5, 0.6) is 11.5 Å². The third kappa shape index (κ3) is 8.00. The highest BCUT2D eigenvalue weighted by molar-refractivity contribution is 5.80. The number of nitrogens with one attached hydrogen (secondary N) is 2. The van der Waals surface area contributed by atoms with Crippen molar-refractivity contribution in [3.63, 3.8) is 0 Å². The molecule has 0 aliphatic carbocycles. The molecule has 1 amide bonds. The number of halogens is 3.